The molecule has 2 heteroatoms. The number of carbonyl (C=O) groups excluding carboxylic acids is 1. The molecule has 1 aromatic rings. The fourth-order valence-corrected chi connectivity index (χ4v) is 2.23. The number of aryl methyl sites for hydroxylation is 1. The molecule has 2 rings (SSSR count). The number of Topliss-reactive ketones (excluding diaryl/α,β-unsaturated/α-hetero) is 1. The molecule has 1 aliphatic rings. The van der Waals surface area contributed by atoms with Crippen LogP contribution in [0.5, 0.6) is 0 Å². The molecular formula is C15H20O2. The molecule has 1 unspecified atom stereocenters. The molecule has 0 spiro atoms. The van der Waals surface area contributed by atoms with E-state index in [2.05, 4.69) is 18.2 Å². The summed E-state index contributed by atoms with van der Waals surface area (Å²) in [6, 6.07) is 8.40. The molecule has 0 amide bonds. The second-order valence-electron chi connectivity index (χ2n) is 5.01. The van der Waals surface area contributed by atoms with Gasteiger partial charge in [0.2, 0.25) is 0 Å². The minimum atomic E-state index is 0.0637. The smallest absolute Gasteiger partial charge is 0.161 e. The highest BCUT2D eigenvalue weighted by Crippen LogP contribution is 2.32. The lowest BCUT2D eigenvalue weighted by Gasteiger charge is -2.25. The number of benzene rings is 1. The third-order valence-corrected chi connectivity index (χ3v) is 3.39. The molecule has 0 heterocycles. The molecule has 0 N–H and O–H groups in total. The number of ether oxygens (including phenoxy) is 1. The normalized spacial score (nSPS) is 19.1. The number of rotatable bonds is 4. The maximum atomic E-state index is 11.6. The first-order valence-corrected chi connectivity index (χ1v) is 6.40. The van der Waals surface area contributed by atoms with Gasteiger partial charge in [-0.15, -0.1) is 0 Å². The van der Waals surface area contributed by atoms with Crippen LogP contribution in [0, 0.1) is 5.92 Å². The van der Waals surface area contributed by atoms with Crippen LogP contribution < -0.4 is 0 Å². The Morgan fingerprint density at radius 3 is 2.94 bits per heavy atom. The molecule has 1 aliphatic carbocycles. The van der Waals surface area contributed by atoms with Crippen molar-refractivity contribution in [1.29, 1.82) is 0 Å². The van der Waals surface area contributed by atoms with E-state index in [1.54, 1.807) is 0 Å². The first-order valence-electron chi connectivity index (χ1n) is 6.40. The van der Waals surface area contributed by atoms with E-state index in [9.17, 15) is 4.79 Å². The van der Waals surface area contributed by atoms with Crippen LogP contribution >= 0.6 is 0 Å². The first-order chi connectivity index (χ1) is 8.18. The lowest BCUT2D eigenvalue weighted by Crippen LogP contribution is -2.19. The predicted octanol–water partition coefficient (Wildman–Crippen LogP) is 3.31. The zero-order chi connectivity index (χ0) is 12.3. The van der Waals surface area contributed by atoms with E-state index in [0.29, 0.717) is 0 Å². The van der Waals surface area contributed by atoms with Gasteiger partial charge in [0, 0.05) is 5.92 Å². The average molecular weight is 232 g/mol. The summed E-state index contributed by atoms with van der Waals surface area (Å²) in [6.45, 7) is 4.08. The summed E-state index contributed by atoms with van der Waals surface area (Å²) in [7, 11) is 0. The highest BCUT2D eigenvalue weighted by atomic mass is 16.5. The van der Waals surface area contributed by atoms with Crippen LogP contribution in [-0.4, -0.2) is 12.4 Å². The lowest BCUT2D eigenvalue weighted by atomic mass is 9.89. The number of hydrogen-bond donors (Lipinski definition) is 0. The molecule has 92 valence electrons. The Kier molecular flexibility index (Phi) is 3.95. The molecule has 17 heavy (non-hydrogen) atoms. The van der Waals surface area contributed by atoms with E-state index in [1.165, 1.54) is 11.1 Å². The third kappa shape index (κ3) is 2.95. The van der Waals surface area contributed by atoms with Gasteiger partial charge in [-0.1, -0.05) is 38.1 Å². The van der Waals surface area contributed by atoms with Gasteiger partial charge in [0.15, 0.2) is 5.78 Å². The highest BCUT2D eigenvalue weighted by molar-refractivity contribution is 5.81. The Bertz CT molecular complexity index is 396. The van der Waals surface area contributed by atoms with Crippen LogP contribution in [0.25, 0.3) is 0 Å². The topological polar surface area (TPSA) is 26.3 Å². The quantitative estimate of drug-likeness (QED) is 0.796. The summed E-state index contributed by atoms with van der Waals surface area (Å²) in [5.74, 6) is 0.252. The van der Waals surface area contributed by atoms with E-state index in [4.69, 9.17) is 4.74 Å². The zero-order valence-electron chi connectivity index (χ0n) is 10.6. The van der Waals surface area contributed by atoms with Gasteiger partial charge < -0.3 is 4.74 Å². The predicted molar refractivity (Wildman–Crippen MR) is 67.9 cm³/mol. The maximum Gasteiger partial charge on any atom is 0.161 e. The van der Waals surface area contributed by atoms with Crippen molar-refractivity contribution in [2.45, 2.75) is 39.2 Å². The van der Waals surface area contributed by atoms with Gasteiger partial charge in [-0.2, -0.15) is 0 Å². The summed E-state index contributed by atoms with van der Waals surface area (Å²) in [5.41, 5.74) is 2.65. The number of fused-ring (bicyclic) bond motifs is 1. The third-order valence-electron chi connectivity index (χ3n) is 3.39. The maximum absolute atomic E-state index is 11.6. The van der Waals surface area contributed by atoms with E-state index in [-0.39, 0.29) is 24.4 Å². The standard InChI is InChI=1S/C15H20O2/c1-11(2)14(16)10-17-15-9-5-7-12-6-3-4-8-13(12)15/h3-4,6,8,11,15H,5,7,9-10H2,1-2H3. The van der Waals surface area contributed by atoms with Gasteiger partial charge >= 0.3 is 0 Å². The first kappa shape index (κ1) is 12.3. The largest absolute Gasteiger partial charge is 0.366 e. The van der Waals surface area contributed by atoms with Crippen molar-refractivity contribution in [3.63, 3.8) is 0 Å². The molecule has 0 radical (unpaired) electrons. The molecule has 0 aliphatic heterocycles. The molecule has 0 saturated heterocycles. The van der Waals surface area contributed by atoms with Crippen molar-refractivity contribution in [2.24, 2.45) is 5.92 Å². The highest BCUT2D eigenvalue weighted by Gasteiger charge is 2.21. The molecule has 1 aromatic carbocycles. The van der Waals surface area contributed by atoms with E-state index >= 15 is 0 Å². The molecule has 2 nitrogen and oxygen atoms in total. The molecule has 1 atom stereocenters. The van der Waals surface area contributed by atoms with Crippen LogP contribution in [-0.2, 0) is 16.0 Å². The van der Waals surface area contributed by atoms with Crippen molar-refractivity contribution in [2.75, 3.05) is 6.61 Å². The Morgan fingerprint density at radius 2 is 2.18 bits per heavy atom. The summed E-state index contributed by atoms with van der Waals surface area (Å²) in [4.78, 5) is 11.6. The second kappa shape index (κ2) is 5.46. The molecule has 0 saturated carbocycles. The molecule has 0 aromatic heterocycles. The lowest BCUT2D eigenvalue weighted by molar-refractivity contribution is -0.129. The van der Waals surface area contributed by atoms with Gasteiger partial charge in [0.25, 0.3) is 0 Å². The van der Waals surface area contributed by atoms with Gasteiger partial charge in [-0.25, -0.2) is 0 Å². The summed E-state index contributed by atoms with van der Waals surface area (Å²) >= 11 is 0. The monoisotopic (exact) mass is 232 g/mol. The van der Waals surface area contributed by atoms with Crippen molar-refractivity contribution in [1.82, 2.24) is 0 Å². The van der Waals surface area contributed by atoms with E-state index in [1.807, 2.05) is 19.9 Å². The van der Waals surface area contributed by atoms with Crippen LogP contribution in [0.2, 0.25) is 0 Å². The summed E-state index contributed by atoms with van der Waals surface area (Å²) < 4.78 is 5.78. The fraction of sp³-hybridized carbons (Fsp3) is 0.533. The van der Waals surface area contributed by atoms with Crippen LogP contribution in [0.15, 0.2) is 24.3 Å². The fourth-order valence-electron chi connectivity index (χ4n) is 2.23. The SMILES string of the molecule is CC(C)C(=O)COC1CCCc2ccccc21. The minimum absolute atomic E-state index is 0.0637. The van der Waals surface area contributed by atoms with Crippen LogP contribution in [0.4, 0.5) is 0 Å². The number of carbonyl (C=O) groups is 1. The Labute approximate surface area is 103 Å². The van der Waals surface area contributed by atoms with Crippen molar-refractivity contribution in [3.8, 4) is 0 Å². The van der Waals surface area contributed by atoms with Crippen LogP contribution in [0.3, 0.4) is 0 Å². The molecule has 0 fully saturated rings. The summed E-state index contributed by atoms with van der Waals surface area (Å²) in [5, 5.41) is 0. The van der Waals surface area contributed by atoms with Crippen LogP contribution in [0.1, 0.15) is 43.9 Å². The average Bonchev–Trinajstić information content (AvgIpc) is 2.35. The number of ketones is 1. The minimum Gasteiger partial charge on any atom is -0.366 e. The summed E-state index contributed by atoms with van der Waals surface area (Å²) in [6.07, 6.45) is 3.43. The van der Waals surface area contributed by atoms with E-state index in [0.717, 1.165) is 19.3 Å². The Morgan fingerprint density at radius 1 is 1.41 bits per heavy atom. The van der Waals surface area contributed by atoms with Gasteiger partial charge in [0.1, 0.15) is 6.61 Å². The Hall–Kier alpha value is -1.15. The zero-order valence-corrected chi connectivity index (χ0v) is 10.6. The Balaban J connectivity index is 2.01. The van der Waals surface area contributed by atoms with Gasteiger partial charge in [0.05, 0.1) is 6.10 Å². The van der Waals surface area contributed by atoms with E-state index < -0.39 is 0 Å². The second-order valence-corrected chi connectivity index (χ2v) is 5.01. The van der Waals surface area contributed by atoms with Crippen molar-refractivity contribution in [3.05, 3.63) is 35.4 Å². The van der Waals surface area contributed by atoms with Gasteiger partial charge in [-0.05, 0) is 30.4 Å². The molecular weight excluding hydrogens is 212 g/mol. The number of hydrogen-bond acceptors (Lipinski definition) is 2. The van der Waals surface area contributed by atoms with Gasteiger partial charge in [-0.3, -0.25) is 4.79 Å². The van der Waals surface area contributed by atoms with Crippen molar-refractivity contribution >= 4 is 5.78 Å². The van der Waals surface area contributed by atoms with Crippen molar-refractivity contribution < 1.29 is 9.53 Å². The molecule has 0 bridgehead atoms.